The molecule has 23 heavy (non-hydrogen) atoms. The summed E-state index contributed by atoms with van der Waals surface area (Å²) >= 11 is 0. The van der Waals surface area contributed by atoms with Crippen LogP contribution in [0.15, 0.2) is 12.2 Å². The topological polar surface area (TPSA) is 60.0 Å². The van der Waals surface area contributed by atoms with Crippen molar-refractivity contribution in [2.45, 2.75) is 69.1 Å². The third kappa shape index (κ3) is 3.54. The first-order valence-corrected chi connectivity index (χ1v) is 8.91. The fourth-order valence-electron chi connectivity index (χ4n) is 4.10. The number of fused-ring (bicyclic) bond motifs is 3. The molecule has 0 saturated carbocycles. The van der Waals surface area contributed by atoms with Crippen LogP contribution in [0.4, 0.5) is 4.79 Å². The van der Waals surface area contributed by atoms with Crippen molar-refractivity contribution in [2.24, 2.45) is 0 Å². The molecule has 1 N–H and O–H groups in total. The Labute approximate surface area is 137 Å². The smallest absolute Gasteiger partial charge is 0.410 e. The molecule has 2 bridgehead atoms. The lowest BCUT2D eigenvalue weighted by molar-refractivity contribution is -0.101. The van der Waals surface area contributed by atoms with Gasteiger partial charge in [-0.1, -0.05) is 12.2 Å². The highest BCUT2D eigenvalue weighted by atomic mass is 16.7. The largest absolute Gasteiger partial charge is 0.444 e. The molecule has 0 aromatic carbocycles. The molecule has 0 aromatic heterocycles. The highest BCUT2D eigenvalue weighted by Gasteiger charge is 2.38. The van der Waals surface area contributed by atoms with E-state index in [1.807, 2.05) is 4.90 Å². The van der Waals surface area contributed by atoms with Gasteiger partial charge in [-0.15, -0.1) is 0 Å². The molecule has 5 atom stereocenters. The van der Waals surface area contributed by atoms with Gasteiger partial charge in [0.2, 0.25) is 0 Å². The van der Waals surface area contributed by atoms with Crippen LogP contribution in [-0.4, -0.2) is 61.3 Å². The molecule has 0 radical (unpaired) electrons. The van der Waals surface area contributed by atoms with Gasteiger partial charge in [-0.2, -0.15) is 0 Å². The zero-order valence-electron chi connectivity index (χ0n) is 13.5. The number of nitrogens with zero attached hydrogens (tertiary/aromatic N) is 1. The molecule has 6 nitrogen and oxygen atoms in total. The molecule has 1 aliphatic carbocycles. The van der Waals surface area contributed by atoms with E-state index in [9.17, 15) is 4.79 Å². The number of allylic oxidation sites excluding steroid dienone is 1. The molecule has 1 amide bonds. The number of ether oxygens (including phenoxy) is 3. The SMILES string of the molecule is O=C(OC[C@H]1O[C@H]2C/C=C/CCC[C@H]2O1)N1CC2CCC(C1)N2. The fourth-order valence-corrected chi connectivity index (χ4v) is 4.10. The minimum atomic E-state index is -0.417. The molecule has 0 aromatic rings. The molecule has 128 valence electrons. The summed E-state index contributed by atoms with van der Waals surface area (Å²) in [7, 11) is 0. The number of likely N-dealkylation sites (tertiary alicyclic amines) is 1. The van der Waals surface area contributed by atoms with Crippen molar-refractivity contribution in [3.05, 3.63) is 12.2 Å². The number of piperazine rings is 1. The van der Waals surface area contributed by atoms with Crippen molar-refractivity contribution in [3.63, 3.8) is 0 Å². The second-order valence-corrected chi connectivity index (χ2v) is 7.04. The summed E-state index contributed by atoms with van der Waals surface area (Å²) in [5.41, 5.74) is 0. The summed E-state index contributed by atoms with van der Waals surface area (Å²) in [6.07, 6.45) is 10.4. The summed E-state index contributed by atoms with van der Waals surface area (Å²) < 4.78 is 17.3. The van der Waals surface area contributed by atoms with E-state index < -0.39 is 6.29 Å². The maximum Gasteiger partial charge on any atom is 0.410 e. The first kappa shape index (κ1) is 15.4. The summed E-state index contributed by atoms with van der Waals surface area (Å²) in [5.74, 6) is 0. The Bertz CT molecular complexity index is 458. The zero-order chi connectivity index (χ0) is 15.6. The number of rotatable bonds is 2. The number of hydrogen-bond donors (Lipinski definition) is 1. The molecular weight excluding hydrogens is 296 g/mol. The lowest BCUT2D eigenvalue weighted by atomic mass is 10.0. The Morgan fingerprint density at radius 3 is 2.74 bits per heavy atom. The Hall–Kier alpha value is -1.11. The standard InChI is InChI=1S/C17H26N2O4/c20-17(19-9-12-7-8-13(10-19)18-12)21-11-16-22-14-5-3-1-2-4-6-15(14)23-16/h1,3,12-16,18H,2,4-11H2/b3-1+/t12?,13?,14-,15+,16-/m0/s1. The minimum Gasteiger partial charge on any atom is -0.444 e. The molecule has 2 unspecified atom stereocenters. The second kappa shape index (κ2) is 6.79. The van der Waals surface area contributed by atoms with Crippen molar-refractivity contribution in [1.82, 2.24) is 10.2 Å². The zero-order valence-corrected chi connectivity index (χ0v) is 13.5. The van der Waals surface area contributed by atoms with Crippen LogP contribution in [0.1, 0.15) is 38.5 Å². The Morgan fingerprint density at radius 1 is 1.13 bits per heavy atom. The van der Waals surface area contributed by atoms with Gasteiger partial charge in [0.05, 0.1) is 12.2 Å². The van der Waals surface area contributed by atoms with Gasteiger partial charge in [0.15, 0.2) is 6.29 Å². The number of carbonyl (C=O) groups is 1. The molecular formula is C17H26N2O4. The highest BCUT2D eigenvalue weighted by Crippen LogP contribution is 2.28. The number of nitrogens with one attached hydrogen (secondary N) is 1. The van der Waals surface area contributed by atoms with Crippen molar-refractivity contribution < 1.29 is 19.0 Å². The van der Waals surface area contributed by atoms with Gasteiger partial charge in [-0.3, -0.25) is 0 Å². The lowest BCUT2D eigenvalue weighted by Crippen LogP contribution is -2.53. The molecule has 3 aliphatic heterocycles. The maximum atomic E-state index is 12.3. The quantitative estimate of drug-likeness (QED) is 0.786. The van der Waals surface area contributed by atoms with E-state index in [1.54, 1.807) is 0 Å². The minimum absolute atomic E-state index is 0.102. The first-order chi connectivity index (χ1) is 11.3. The Kier molecular flexibility index (Phi) is 4.55. The van der Waals surface area contributed by atoms with E-state index in [0.717, 1.165) is 51.6 Å². The van der Waals surface area contributed by atoms with Gasteiger partial charge in [0, 0.05) is 25.2 Å². The number of carbonyl (C=O) groups excluding carboxylic acids is 1. The van der Waals surface area contributed by atoms with Crippen LogP contribution in [0, 0.1) is 0 Å². The van der Waals surface area contributed by atoms with Gasteiger partial charge < -0.3 is 24.4 Å². The van der Waals surface area contributed by atoms with Crippen molar-refractivity contribution >= 4 is 6.09 Å². The predicted molar refractivity (Wildman–Crippen MR) is 84.0 cm³/mol. The van der Waals surface area contributed by atoms with Gasteiger partial charge in [-0.05, 0) is 38.5 Å². The predicted octanol–water partition coefficient (Wildman–Crippen LogP) is 1.80. The van der Waals surface area contributed by atoms with E-state index in [0.29, 0.717) is 12.1 Å². The maximum absolute atomic E-state index is 12.3. The average molecular weight is 322 g/mol. The van der Waals surface area contributed by atoms with Crippen molar-refractivity contribution in [2.75, 3.05) is 19.7 Å². The summed E-state index contributed by atoms with van der Waals surface area (Å²) in [6.45, 7) is 1.68. The average Bonchev–Trinajstić information content (AvgIpc) is 3.07. The molecule has 3 saturated heterocycles. The number of hydrogen-bond acceptors (Lipinski definition) is 5. The molecule has 3 fully saturated rings. The van der Waals surface area contributed by atoms with E-state index in [2.05, 4.69) is 17.5 Å². The van der Waals surface area contributed by atoms with Crippen LogP contribution in [0.3, 0.4) is 0 Å². The van der Waals surface area contributed by atoms with Gasteiger partial charge in [-0.25, -0.2) is 4.79 Å². The van der Waals surface area contributed by atoms with Gasteiger partial charge in [0.25, 0.3) is 0 Å². The Balaban J connectivity index is 1.25. The van der Waals surface area contributed by atoms with E-state index in [4.69, 9.17) is 14.2 Å². The molecule has 4 rings (SSSR count). The van der Waals surface area contributed by atoms with Crippen molar-refractivity contribution in [3.8, 4) is 0 Å². The van der Waals surface area contributed by atoms with Crippen molar-refractivity contribution in [1.29, 1.82) is 0 Å². The van der Waals surface area contributed by atoms with Crippen LogP contribution >= 0.6 is 0 Å². The van der Waals surface area contributed by atoms with Crippen LogP contribution in [-0.2, 0) is 14.2 Å². The van der Waals surface area contributed by atoms with E-state index in [1.165, 1.54) is 0 Å². The van der Waals surface area contributed by atoms with Crippen LogP contribution in [0.25, 0.3) is 0 Å². The van der Waals surface area contributed by atoms with Crippen LogP contribution in [0.5, 0.6) is 0 Å². The molecule has 0 spiro atoms. The summed E-state index contributed by atoms with van der Waals surface area (Å²) in [5, 5.41) is 3.51. The summed E-state index contributed by atoms with van der Waals surface area (Å²) in [6, 6.07) is 0.866. The van der Waals surface area contributed by atoms with Gasteiger partial charge >= 0.3 is 6.09 Å². The highest BCUT2D eigenvalue weighted by molar-refractivity contribution is 5.68. The Morgan fingerprint density at radius 2 is 1.91 bits per heavy atom. The monoisotopic (exact) mass is 322 g/mol. The van der Waals surface area contributed by atoms with Gasteiger partial charge in [0.1, 0.15) is 6.61 Å². The lowest BCUT2D eigenvalue weighted by Gasteiger charge is -2.32. The van der Waals surface area contributed by atoms with E-state index >= 15 is 0 Å². The molecule has 3 heterocycles. The molecule has 6 heteroatoms. The van der Waals surface area contributed by atoms with Crippen LogP contribution in [0.2, 0.25) is 0 Å². The van der Waals surface area contributed by atoms with Crippen LogP contribution < -0.4 is 5.32 Å². The molecule has 4 aliphatic rings. The normalized spacial score (nSPS) is 41.0. The fraction of sp³-hybridized carbons (Fsp3) is 0.824. The van der Waals surface area contributed by atoms with E-state index in [-0.39, 0.29) is 24.9 Å². The third-order valence-electron chi connectivity index (χ3n) is 5.28. The first-order valence-electron chi connectivity index (χ1n) is 8.91. The third-order valence-corrected chi connectivity index (χ3v) is 5.28. The number of amides is 1. The summed E-state index contributed by atoms with van der Waals surface area (Å²) in [4.78, 5) is 14.1. The second-order valence-electron chi connectivity index (χ2n) is 7.04.